The van der Waals surface area contributed by atoms with E-state index in [1.807, 2.05) is 0 Å². The number of halogens is 1. The molecule has 0 aliphatic carbocycles. The number of ether oxygens (including phenoxy) is 2. The highest BCUT2D eigenvalue weighted by Crippen LogP contribution is 2.16. The van der Waals surface area contributed by atoms with Gasteiger partial charge in [-0.25, -0.2) is 9.59 Å². The van der Waals surface area contributed by atoms with Gasteiger partial charge in [0.2, 0.25) is 0 Å². The lowest BCUT2D eigenvalue weighted by atomic mass is 10.2. The summed E-state index contributed by atoms with van der Waals surface area (Å²) in [7, 11) is 0. The van der Waals surface area contributed by atoms with Gasteiger partial charge in [0.05, 0.1) is 5.56 Å². The summed E-state index contributed by atoms with van der Waals surface area (Å²) in [5, 5.41) is 8.76. The summed E-state index contributed by atoms with van der Waals surface area (Å²) in [6, 6.07) is 12.6. The molecule has 2 aromatic carbocycles. The van der Waals surface area contributed by atoms with E-state index in [0.717, 1.165) is 4.47 Å². The van der Waals surface area contributed by atoms with Gasteiger partial charge in [-0.2, -0.15) is 0 Å². The highest BCUT2D eigenvalue weighted by molar-refractivity contribution is 9.10. The predicted molar refractivity (Wildman–Crippen MR) is 78.7 cm³/mol. The molecule has 0 radical (unpaired) electrons. The Morgan fingerprint density at radius 2 is 1.52 bits per heavy atom. The average molecular weight is 351 g/mol. The first-order chi connectivity index (χ1) is 10.0. The van der Waals surface area contributed by atoms with Crippen LogP contribution in [0.25, 0.3) is 0 Å². The Morgan fingerprint density at radius 3 is 2.10 bits per heavy atom. The second-order valence-corrected chi connectivity index (χ2v) is 4.96. The van der Waals surface area contributed by atoms with Crippen LogP contribution in [0.5, 0.6) is 11.5 Å². The van der Waals surface area contributed by atoms with E-state index >= 15 is 0 Å². The van der Waals surface area contributed by atoms with Crippen molar-refractivity contribution in [3.63, 3.8) is 0 Å². The van der Waals surface area contributed by atoms with Gasteiger partial charge >= 0.3 is 11.9 Å². The largest absolute Gasteiger partial charge is 0.482 e. The zero-order chi connectivity index (χ0) is 15.2. The lowest BCUT2D eigenvalue weighted by molar-refractivity contribution is -0.136. The summed E-state index contributed by atoms with van der Waals surface area (Å²) in [5.74, 6) is -0.784. The van der Waals surface area contributed by atoms with E-state index in [1.165, 1.54) is 24.3 Å². The fraction of sp³-hybridized carbons (Fsp3) is 0.0667. The van der Waals surface area contributed by atoms with Crippen LogP contribution in [0.1, 0.15) is 10.4 Å². The number of carbonyl (C=O) groups excluding carboxylic acids is 1. The molecule has 0 amide bonds. The van der Waals surface area contributed by atoms with Gasteiger partial charge in [-0.05, 0) is 48.5 Å². The third-order valence-electron chi connectivity index (χ3n) is 2.50. The van der Waals surface area contributed by atoms with Crippen molar-refractivity contribution in [1.82, 2.24) is 0 Å². The lowest BCUT2D eigenvalue weighted by Crippen LogP contribution is -2.17. The second-order valence-electron chi connectivity index (χ2n) is 4.05. The van der Waals surface area contributed by atoms with Crippen molar-refractivity contribution in [3.05, 3.63) is 58.6 Å². The van der Waals surface area contributed by atoms with Crippen molar-refractivity contribution in [2.45, 2.75) is 0 Å². The van der Waals surface area contributed by atoms with Crippen LogP contribution in [0.2, 0.25) is 0 Å². The van der Waals surface area contributed by atoms with Crippen LogP contribution in [-0.4, -0.2) is 23.7 Å². The quantitative estimate of drug-likeness (QED) is 0.662. The van der Waals surface area contributed by atoms with E-state index in [4.69, 9.17) is 14.6 Å². The maximum absolute atomic E-state index is 11.6. The van der Waals surface area contributed by atoms with E-state index in [-0.39, 0.29) is 17.9 Å². The Morgan fingerprint density at radius 1 is 0.952 bits per heavy atom. The Kier molecular flexibility index (Phi) is 4.94. The van der Waals surface area contributed by atoms with Crippen LogP contribution in [0, 0.1) is 0 Å². The van der Waals surface area contributed by atoms with Gasteiger partial charge in [-0.3, -0.25) is 0 Å². The van der Waals surface area contributed by atoms with E-state index in [0.29, 0.717) is 5.75 Å². The molecule has 2 aromatic rings. The molecule has 0 atom stereocenters. The van der Waals surface area contributed by atoms with E-state index in [2.05, 4.69) is 15.9 Å². The molecule has 0 saturated heterocycles. The fourth-order valence-electron chi connectivity index (χ4n) is 1.50. The maximum atomic E-state index is 11.6. The summed E-state index contributed by atoms with van der Waals surface area (Å²) in [4.78, 5) is 22.3. The Bertz CT molecular complexity index is 634. The SMILES string of the molecule is O=C(COc1ccc(Br)cc1)Oc1ccc(C(=O)O)cc1. The molecular weight excluding hydrogens is 340 g/mol. The molecule has 0 saturated carbocycles. The molecule has 5 nitrogen and oxygen atoms in total. The van der Waals surface area contributed by atoms with Gasteiger partial charge < -0.3 is 14.6 Å². The fourth-order valence-corrected chi connectivity index (χ4v) is 1.76. The number of aromatic carboxylic acids is 1. The van der Waals surface area contributed by atoms with Gasteiger partial charge in [0, 0.05) is 4.47 Å². The molecule has 21 heavy (non-hydrogen) atoms. The number of carbonyl (C=O) groups is 2. The third kappa shape index (κ3) is 4.61. The molecule has 108 valence electrons. The normalized spacial score (nSPS) is 9.95. The summed E-state index contributed by atoms with van der Waals surface area (Å²) in [5.41, 5.74) is 0.126. The van der Waals surface area contributed by atoms with Crippen molar-refractivity contribution < 1.29 is 24.2 Å². The van der Waals surface area contributed by atoms with E-state index in [1.54, 1.807) is 24.3 Å². The number of hydrogen-bond donors (Lipinski definition) is 1. The van der Waals surface area contributed by atoms with Crippen LogP contribution in [-0.2, 0) is 4.79 Å². The Balaban J connectivity index is 1.86. The number of benzene rings is 2. The van der Waals surface area contributed by atoms with Crippen molar-refractivity contribution >= 4 is 27.9 Å². The molecule has 2 rings (SSSR count). The predicted octanol–water partition coefficient (Wildman–Crippen LogP) is 3.13. The zero-order valence-corrected chi connectivity index (χ0v) is 12.4. The maximum Gasteiger partial charge on any atom is 0.349 e. The summed E-state index contributed by atoms with van der Waals surface area (Å²) < 4.78 is 11.2. The summed E-state index contributed by atoms with van der Waals surface area (Å²) in [6.07, 6.45) is 0. The van der Waals surface area contributed by atoms with Gasteiger partial charge in [-0.1, -0.05) is 15.9 Å². The molecule has 1 N–H and O–H groups in total. The van der Waals surface area contributed by atoms with Crippen molar-refractivity contribution in [2.24, 2.45) is 0 Å². The minimum absolute atomic E-state index is 0.126. The molecule has 0 bridgehead atoms. The molecular formula is C15H11BrO5. The topological polar surface area (TPSA) is 72.8 Å². The zero-order valence-electron chi connectivity index (χ0n) is 10.8. The molecule has 0 unspecified atom stereocenters. The number of carboxylic acids is 1. The highest BCUT2D eigenvalue weighted by atomic mass is 79.9. The minimum atomic E-state index is -1.04. The molecule has 0 aromatic heterocycles. The third-order valence-corrected chi connectivity index (χ3v) is 3.03. The molecule has 0 fully saturated rings. The molecule has 6 heteroatoms. The first-order valence-electron chi connectivity index (χ1n) is 5.97. The monoisotopic (exact) mass is 350 g/mol. The van der Waals surface area contributed by atoms with Crippen LogP contribution >= 0.6 is 15.9 Å². The van der Waals surface area contributed by atoms with Crippen molar-refractivity contribution in [3.8, 4) is 11.5 Å². The van der Waals surface area contributed by atoms with Crippen molar-refractivity contribution in [1.29, 1.82) is 0 Å². The Hall–Kier alpha value is -2.34. The summed E-state index contributed by atoms with van der Waals surface area (Å²) >= 11 is 3.30. The lowest BCUT2D eigenvalue weighted by Gasteiger charge is -2.07. The van der Waals surface area contributed by atoms with Crippen LogP contribution < -0.4 is 9.47 Å². The molecule has 0 heterocycles. The molecule has 0 aliphatic heterocycles. The van der Waals surface area contributed by atoms with Crippen LogP contribution in [0.4, 0.5) is 0 Å². The number of hydrogen-bond acceptors (Lipinski definition) is 4. The van der Waals surface area contributed by atoms with Crippen molar-refractivity contribution in [2.75, 3.05) is 6.61 Å². The highest BCUT2D eigenvalue weighted by Gasteiger charge is 2.08. The molecule has 0 aliphatic rings. The first kappa shape index (κ1) is 15.1. The van der Waals surface area contributed by atoms with Crippen LogP contribution in [0.3, 0.4) is 0 Å². The molecule has 0 spiro atoms. The number of rotatable bonds is 5. The number of carboxylic acid groups (broad SMARTS) is 1. The van der Waals surface area contributed by atoms with E-state index in [9.17, 15) is 9.59 Å². The number of esters is 1. The van der Waals surface area contributed by atoms with Gasteiger partial charge in [0.1, 0.15) is 11.5 Å². The smallest absolute Gasteiger partial charge is 0.349 e. The van der Waals surface area contributed by atoms with Crippen LogP contribution in [0.15, 0.2) is 53.0 Å². The first-order valence-corrected chi connectivity index (χ1v) is 6.76. The van der Waals surface area contributed by atoms with Gasteiger partial charge in [0.15, 0.2) is 6.61 Å². The summed E-state index contributed by atoms with van der Waals surface area (Å²) in [6.45, 7) is -0.234. The van der Waals surface area contributed by atoms with Gasteiger partial charge in [0.25, 0.3) is 0 Å². The standard InChI is InChI=1S/C15H11BrO5/c16-11-3-7-12(8-4-11)20-9-14(17)21-13-5-1-10(2-6-13)15(18)19/h1-8H,9H2,(H,18,19). The van der Waals surface area contributed by atoms with Gasteiger partial charge in [-0.15, -0.1) is 0 Å². The second kappa shape index (κ2) is 6.90. The Labute approximate surface area is 129 Å². The average Bonchev–Trinajstić information content (AvgIpc) is 2.47. The van der Waals surface area contributed by atoms with E-state index < -0.39 is 11.9 Å². The minimum Gasteiger partial charge on any atom is -0.482 e.